The Balaban J connectivity index is 1.29. The van der Waals surface area contributed by atoms with Crippen LogP contribution in [0.1, 0.15) is 48.6 Å². The van der Waals surface area contributed by atoms with Crippen LogP contribution in [0.15, 0.2) is 12.4 Å². The molecule has 32 heavy (non-hydrogen) atoms. The van der Waals surface area contributed by atoms with Crippen molar-refractivity contribution in [2.24, 2.45) is 0 Å². The average molecular weight is 456 g/mol. The number of nitrogens with zero attached hydrogens (tertiary/aromatic N) is 6. The number of rotatable bonds is 6. The monoisotopic (exact) mass is 455 g/mol. The van der Waals surface area contributed by atoms with Crippen molar-refractivity contribution >= 4 is 40.2 Å². The Morgan fingerprint density at radius 1 is 1.28 bits per heavy atom. The van der Waals surface area contributed by atoms with Crippen LogP contribution in [0.3, 0.4) is 0 Å². The molecule has 1 saturated heterocycles. The second-order valence-corrected chi connectivity index (χ2v) is 9.28. The molecule has 1 aliphatic heterocycles. The Hall–Kier alpha value is -3.15. The lowest BCUT2D eigenvalue weighted by Crippen LogP contribution is -2.40. The lowest BCUT2D eigenvalue weighted by Gasteiger charge is -2.24. The van der Waals surface area contributed by atoms with E-state index in [1.807, 2.05) is 6.07 Å². The topological polar surface area (TPSA) is 125 Å². The van der Waals surface area contributed by atoms with Crippen molar-refractivity contribution < 1.29 is 9.18 Å². The lowest BCUT2D eigenvalue weighted by molar-refractivity contribution is -0.117. The SMILES string of the molecule is O=C(Nc1ncns1)[C@H]1C[C@H](F)CN1c1nc2c(c(Nc3cc(C4CC4)[nH]n3)n1)CCC2. The first kappa shape index (κ1) is 19.5. The summed E-state index contributed by atoms with van der Waals surface area (Å²) in [7, 11) is 0. The minimum atomic E-state index is -1.14. The van der Waals surface area contributed by atoms with Gasteiger partial charge in [0, 0.05) is 41.2 Å². The molecule has 2 fully saturated rings. The normalized spacial score (nSPS) is 22.2. The van der Waals surface area contributed by atoms with Crippen LogP contribution in [-0.2, 0) is 17.6 Å². The van der Waals surface area contributed by atoms with Crippen LogP contribution in [0.25, 0.3) is 0 Å². The molecule has 0 radical (unpaired) electrons. The largest absolute Gasteiger partial charge is 0.326 e. The molecule has 3 aromatic heterocycles. The third kappa shape index (κ3) is 3.68. The average Bonchev–Trinajstić information content (AvgIpc) is 3.21. The molecule has 2 atom stereocenters. The first-order chi connectivity index (χ1) is 15.6. The van der Waals surface area contributed by atoms with E-state index in [1.165, 1.54) is 19.2 Å². The number of nitrogens with one attached hydrogen (secondary N) is 3. The zero-order chi connectivity index (χ0) is 21.7. The van der Waals surface area contributed by atoms with E-state index < -0.39 is 12.2 Å². The quantitative estimate of drug-likeness (QED) is 0.518. The van der Waals surface area contributed by atoms with Gasteiger partial charge in [0.15, 0.2) is 5.82 Å². The van der Waals surface area contributed by atoms with Gasteiger partial charge in [-0.3, -0.25) is 15.2 Å². The van der Waals surface area contributed by atoms with Gasteiger partial charge in [0.1, 0.15) is 24.4 Å². The molecule has 4 heterocycles. The maximum Gasteiger partial charge on any atom is 0.249 e. The molecule has 166 valence electrons. The predicted octanol–water partition coefficient (Wildman–Crippen LogP) is 2.72. The van der Waals surface area contributed by atoms with E-state index in [-0.39, 0.29) is 18.9 Å². The van der Waals surface area contributed by atoms with Gasteiger partial charge in [0.2, 0.25) is 17.0 Å². The number of fused-ring (bicyclic) bond motifs is 1. The Labute approximate surface area is 187 Å². The van der Waals surface area contributed by atoms with Crippen molar-refractivity contribution in [3.63, 3.8) is 0 Å². The van der Waals surface area contributed by atoms with E-state index in [4.69, 9.17) is 9.97 Å². The number of alkyl halides is 1. The van der Waals surface area contributed by atoms with Crippen molar-refractivity contribution in [2.45, 2.75) is 56.7 Å². The van der Waals surface area contributed by atoms with Gasteiger partial charge in [0.25, 0.3) is 0 Å². The van der Waals surface area contributed by atoms with Gasteiger partial charge in [0.05, 0.1) is 12.2 Å². The van der Waals surface area contributed by atoms with E-state index >= 15 is 0 Å². The highest BCUT2D eigenvalue weighted by atomic mass is 32.1. The highest BCUT2D eigenvalue weighted by Crippen LogP contribution is 2.40. The summed E-state index contributed by atoms with van der Waals surface area (Å²) in [6, 6.07) is 1.31. The number of hydrogen-bond acceptors (Lipinski definition) is 9. The first-order valence-corrected chi connectivity index (χ1v) is 11.6. The van der Waals surface area contributed by atoms with E-state index in [1.54, 1.807) is 4.90 Å². The van der Waals surface area contributed by atoms with E-state index in [9.17, 15) is 9.18 Å². The molecule has 0 unspecified atom stereocenters. The summed E-state index contributed by atoms with van der Waals surface area (Å²) in [5.74, 6) is 2.00. The van der Waals surface area contributed by atoms with Crippen molar-refractivity contribution in [2.75, 3.05) is 22.1 Å². The lowest BCUT2D eigenvalue weighted by atomic mass is 10.2. The number of H-pyrrole nitrogens is 1. The molecule has 1 saturated carbocycles. The molecule has 0 aromatic carbocycles. The van der Waals surface area contributed by atoms with Crippen molar-refractivity contribution in [3.8, 4) is 0 Å². The fourth-order valence-corrected chi connectivity index (χ4v) is 4.88. The van der Waals surface area contributed by atoms with Crippen LogP contribution in [0.4, 0.5) is 27.1 Å². The number of hydrogen-bond donors (Lipinski definition) is 3. The number of amides is 1. The second kappa shape index (κ2) is 7.76. The molecule has 3 aliphatic rings. The highest BCUT2D eigenvalue weighted by molar-refractivity contribution is 7.09. The first-order valence-electron chi connectivity index (χ1n) is 10.8. The number of anilines is 4. The maximum atomic E-state index is 14.4. The predicted molar refractivity (Wildman–Crippen MR) is 117 cm³/mol. The van der Waals surface area contributed by atoms with Crippen LogP contribution in [-0.4, -0.2) is 54.2 Å². The summed E-state index contributed by atoms with van der Waals surface area (Å²) >= 11 is 1.08. The smallest absolute Gasteiger partial charge is 0.249 e. The van der Waals surface area contributed by atoms with Crippen molar-refractivity contribution in [1.82, 2.24) is 29.5 Å². The van der Waals surface area contributed by atoms with Gasteiger partial charge < -0.3 is 10.2 Å². The minimum Gasteiger partial charge on any atom is -0.326 e. The highest BCUT2D eigenvalue weighted by Gasteiger charge is 2.39. The van der Waals surface area contributed by atoms with Gasteiger partial charge in [-0.15, -0.1) is 0 Å². The summed E-state index contributed by atoms with van der Waals surface area (Å²) in [6.45, 7) is 0.0701. The molecule has 1 amide bonds. The summed E-state index contributed by atoms with van der Waals surface area (Å²) < 4.78 is 18.3. The van der Waals surface area contributed by atoms with Crippen molar-refractivity contribution in [1.29, 1.82) is 0 Å². The zero-order valence-corrected chi connectivity index (χ0v) is 18.0. The third-order valence-electron chi connectivity index (χ3n) is 6.18. The zero-order valence-electron chi connectivity index (χ0n) is 17.2. The number of aryl methyl sites for hydroxylation is 1. The van der Waals surface area contributed by atoms with Crippen LogP contribution in [0.5, 0.6) is 0 Å². The number of carbonyl (C=O) groups excluding carboxylic acids is 1. The van der Waals surface area contributed by atoms with Crippen LogP contribution in [0, 0.1) is 0 Å². The molecule has 12 heteroatoms. The Morgan fingerprint density at radius 3 is 3.00 bits per heavy atom. The van der Waals surface area contributed by atoms with Crippen LogP contribution >= 0.6 is 11.5 Å². The molecule has 0 bridgehead atoms. The number of aromatic nitrogens is 6. The molecule has 3 N–H and O–H groups in total. The summed E-state index contributed by atoms with van der Waals surface area (Å²) in [5.41, 5.74) is 3.14. The van der Waals surface area contributed by atoms with E-state index in [0.717, 1.165) is 47.7 Å². The fraction of sp³-hybridized carbons (Fsp3) is 0.500. The number of halogens is 1. The number of aromatic amines is 1. The minimum absolute atomic E-state index is 0.0701. The van der Waals surface area contributed by atoms with Gasteiger partial charge in [-0.1, -0.05) is 0 Å². The Morgan fingerprint density at radius 2 is 2.19 bits per heavy atom. The van der Waals surface area contributed by atoms with Gasteiger partial charge in [-0.05, 0) is 32.1 Å². The van der Waals surface area contributed by atoms with E-state index in [2.05, 4.69) is 30.2 Å². The van der Waals surface area contributed by atoms with Gasteiger partial charge in [-0.2, -0.15) is 14.5 Å². The maximum absolute atomic E-state index is 14.4. The van der Waals surface area contributed by atoms with Crippen LogP contribution in [0.2, 0.25) is 0 Å². The van der Waals surface area contributed by atoms with Gasteiger partial charge in [-0.25, -0.2) is 14.4 Å². The Kier molecular flexibility index (Phi) is 4.74. The Bertz CT molecular complexity index is 1150. The summed E-state index contributed by atoms with van der Waals surface area (Å²) in [4.78, 5) is 28.0. The summed E-state index contributed by atoms with van der Waals surface area (Å²) in [5, 5.41) is 13.9. The standard InChI is InChI=1S/C20H22FN9OS/c21-11-6-15(18(31)27-20-22-9-23-32-20)30(8-11)19-24-13-3-1-2-12(13)17(26-19)25-16-7-14(28-29-16)10-4-5-10/h7,9-11,15H,1-6,8H2,(H,22,23,27,31)(H2,24,25,26,28,29)/t11-,15+/m0/s1. The molecule has 10 nitrogen and oxygen atoms in total. The molecular formula is C20H22FN9OS. The molecule has 6 rings (SSSR count). The molecule has 0 spiro atoms. The fourth-order valence-electron chi connectivity index (χ4n) is 4.45. The number of carbonyl (C=O) groups is 1. The van der Waals surface area contributed by atoms with Crippen LogP contribution < -0.4 is 15.5 Å². The third-order valence-corrected chi connectivity index (χ3v) is 6.76. The van der Waals surface area contributed by atoms with Crippen molar-refractivity contribution in [3.05, 3.63) is 29.3 Å². The molecule has 2 aliphatic carbocycles. The van der Waals surface area contributed by atoms with Gasteiger partial charge >= 0.3 is 0 Å². The molecule has 3 aromatic rings. The second-order valence-electron chi connectivity index (χ2n) is 8.50. The van der Waals surface area contributed by atoms with E-state index in [0.29, 0.717) is 28.6 Å². The summed E-state index contributed by atoms with van der Waals surface area (Å²) in [6.07, 6.45) is 5.40. The molecular weight excluding hydrogens is 433 g/mol.